The molecule has 1 aromatic heterocycles. The number of nitrogens with one attached hydrogen (secondary N) is 1. The zero-order valence-corrected chi connectivity index (χ0v) is 22.4. The number of benzene rings is 1. The first-order valence-corrected chi connectivity index (χ1v) is 13.1. The van der Waals surface area contributed by atoms with Gasteiger partial charge in [0.2, 0.25) is 5.91 Å². The van der Waals surface area contributed by atoms with Crippen molar-refractivity contribution >= 4 is 33.2 Å². The van der Waals surface area contributed by atoms with Gasteiger partial charge in [-0.25, -0.2) is 4.98 Å². The minimum absolute atomic E-state index is 0.122. The van der Waals surface area contributed by atoms with E-state index in [1.165, 1.54) is 0 Å². The van der Waals surface area contributed by atoms with E-state index in [-0.39, 0.29) is 30.1 Å². The van der Waals surface area contributed by atoms with Gasteiger partial charge in [-0.15, -0.1) is 11.3 Å². The van der Waals surface area contributed by atoms with Crippen LogP contribution in [0.15, 0.2) is 42.0 Å². The number of aromatic nitrogens is 1. The normalized spacial score (nSPS) is 31.5. The molecule has 35 heavy (non-hydrogen) atoms. The zero-order chi connectivity index (χ0) is 25.9. The van der Waals surface area contributed by atoms with Gasteiger partial charge in [0, 0.05) is 5.92 Å². The number of aryl methyl sites for hydroxylation is 1. The van der Waals surface area contributed by atoms with Gasteiger partial charge in [-0.1, -0.05) is 57.6 Å². The standard InChI is InChI=1S/C28H38N2O4S/c1-16-8-7-9-17(2)26(33)18(3)27(34)28(5,6)24(31)15-25(32)30-21(12-10-16)20-11-13-23-22(14-20)29-19(4)35-23/h7-8,10-11,13-14,17-18,21,24,26,31,33H,9,12,15H2,1-6H3,(H,30,32)/b8-7+,16-10-/t17-,18+,21-,24-,26-/m0/s1. The summed E-state index contributed by atoms with van der Waals surface area (Å²) in [5, 5.41) is 25.7. The van der Waals surface area contributed by atoms with Crippen LogP contribution < -0.4 is 5.32 Å². The molecule has 3 rings (SSSR count). The van der Waals surface area contributed by atoms with E-state index in [2.05, 4.69) is 16.4 Å². The fourth-order valence-electron chi connectivity index (χ4n) is 4.62. The van der Waals surface area contributed by atoms with Gasteiger partial charge in [0.1, 0.15) is 5.78 Å². The van der Waals surface area contributed by atoms with Gasteiger partial charge in [-0.2, -0.15) is 0 Å². The molecular weight excluding hydrogens is 460 g/mol. The number of fused-ring (bicyclic) bond motifs is 1. The molecule has 0 fully saturated rings. The summed E-state index contributed by atoms with van der Waals surface area (Å²) in [6.07, 6.45) is 5.11. The molecule has 0 saturated heterocycles. The molecule has 3 N–H and O–H groups in total. The molecule has 0 saturated carbocycles. The van der Waals surface area contributed by atoms with E-state index in [9.17, 15) is 19.8 Å². The van der Waals surface area contributed by atoms with Crippen LogP contribution in [0.2, 0.25) is 0 Å². The van der Waals surface area contributed by atoms with Crippen LogP contribution in [-0.2, 0) is 9.59 Å². The molecule has 2 aromatic rings. The van der Waals surface area contributed by atoms with Crippen molar-refractivity contribution in [3.05, 3.63) is 52.6 Å². The predicted molar refractivity (Wildman–Crippen MR) is 141 cm³/mol. The Kier molecular flexibility index (Phi) is 8.67. The fraction of sp³-hybridized carbons (Fsp3) is 0.536. The van der Waals surface area contributed by atoms with E-state index < -0.39 is 23.5 Å². The number of carbonyl (C=O) groups excluding carboxylic acids is 2. The number of aliphatic hydroxyl groups is 2. The number of ketones is 1. The number of allylic oxidation sites excluding steroid dienone is 3. The maximum absolute atomic E-state index is 13.2. The highest BCUT2D eigenvalue weighted by Crippen LogP contribution is 2.32. The maximum atomic E-state index is 13.2. The van der Waals surface area contributed by atoms with Crippen molar-refractivity contribution in [1.82, 2.24) is 10.3 Å². The van der Waals surface area contributed by atoms with Gasteiger partial charge in [0.15, 0.2) is 0 Å². The summed E-state index contributed by atoms with van der Waals surface area (Å²) < 4.78 is 1.10. The van der Waals surface area contributed by atoms with Crippen molar-refractivity contribution in [3.8, 4) is 0 Å². The van der Waals surface area contributed by atoms with Crippen molar-refractivity contribution in [2.45, 2.75) is 79.1 Å². The molecular formula is C28H38N2O4S. The van der Waals surface area contributed by atoms with Gasteiger partial charge in [-0.3, -0.25) is 9.59 Å². The first kappa shape index (κ1) is 27.2. The number of amides is 1. The second-order valence-corrected chi connectivity index (χ2v) is 11.7. The van der Waals surface area contributed by atoms with E-state index in [1.807, 2.05) is 51.1 Å². The van der Waals surface area contributed by atoms with E-state index in [0.717, 1.165) is 26.4 Å². The van der Waals surface area contributed by atoms with Crippen molar-refractivity contribution in [3.63, 3.8) is 0 Å². The third-order valence-electron chi connectivity index (χ3n) is 7.18. The lowest BCUT2D eigenvalue weighted by Gasteiger charge is -2.34. The van der Waals surface area contributed by atoms with Crippen molar-refractivity contribution in [2.75, 3.05) is 0 Å². The third kappa shape index (κ3) is 6.46. The van der Waals surface area contributed by atoms with Crippen LogP contribution in [0.25, 0.3) is 10.2 Å². The summed E-state index contributed by atoms with van der Waals surface area (Å²) in [6.45, 7) is 10.9. The Labute approximate surface area is 212 Å². The minimum atomic E-state index is -1.17. The highest BCUT2D eigenvalue weighted by Gasteiger charge is 2.42. The maximum Gasteiger partial charge on any atom is 0.223 e. The molecule has 190 valence electrons. The van der Waals surface area contributed by atoms with Crippen LogP contribution in [0.5, 0.6) is 0 Å². The molecule has 5 atom stereocenters. The van der Waals surface area contributed by atoms with E-state index >= 15 is 0 Å². The molecule has 1 amide bonds. The summed E-state index contributed by atoms with van der Waals surface area (Å²) >= 11 is 1.63. The van der Waals surface area contributed by atoms with Gasteiger partial charge >= 0.3 is 0 Å². The van der Waals surface area contributed by atoms with Crippen LogP contribution >= 0.6 is 11.3 Å². The van der Waals surface area contributed by atoms with Crippen molar-refractivity contribution in [2.24, 2.45) is 17.3 Å². The molecule has 1 aliphatic rings. The van der Waals surface area contributed by atoms with Crippen LogP contribution in [0.3, 0.4) is 0 Å². The number of thiazole rings is 1. The lowest BCUT2D eigenvalue weighted by atomic mass is 9.73. The monoisotopic (exact) mass is 498 g/mol. The molecule has 0 bridgehead atoms. The second kappa shape index (κ2) is 11.1. The highest BCUT2D eigenvalue weighted by molar-refractivity contribution is 7.18. The number of Topliss-reactive ketones (excluding diaryl/α,β-unsaturated/α-hetero) is 1. The molecule has 0 radical (unpaired) electrons. The number of aliphatic hydroxyl groups excluding tert-OH is 2. The zero-order valence-electron chi connectivity index (χ0n) is 21.5. The summed E-state index contributed by atoms with van der Waals surface area (Å²) in [5.41, 5.74) is 1.72. The predicted octanol–water partition coefficient (Wildman–Crippen LogP) is 5.04. The van der Waals surface area contributed by atoms with Crippen molar-refractivity contribution in [1.29, 1.82) is 0 Å². The number of carbonyl (C=O) groups is 2. The largest absolute Gasteiger partial charge is 0.392 e. The smallest absolute Gasteiger partial charge is 0.223 e. The minimum Gasteiger partial charge on any atom is -0.392 e. The second-order valence-electron chi connectivity index (χ2n) is 10.5. The fourth-order valence-corrected chi connectivity index (χ4v) is 5.42. The Morgan fingerprint density at radius 3 is 2.54 bits per heavy atom. The molecule has 0 aliphatic carbocycles. The molecule has 1 aliphatic heterocycles. The van der Waals surface area contributed by atoms with E-state index in [0.29, 0.717) is 12.8 Å². The van der Waals surface area contributed by atoms with Gasteiger partial charge < -0.3 is 15.5 Å². The Morgan fingerprint density at radius 2 is 1.83 bits per heavy atom. The van der Waals surface area contributed by atoms with E-state index in [1.54, 1.807) is 32.1 Å². The number of hydrogen-bond donors (Lipinski definition) is 3. The summed E-state index contributed by atoms with van der Waals surface area (Å²) in [7, 11) is 0. The van der Waals surface area contributed by atoms with Gasteiger partial charge in [0.25, 0.3) is 0 Å². The van der Waals surface area contributed by atoms with Crippen LogP contribution in [-0.4, -0.2) is 39.1 Å². The first-order chi connectivity index (χ1) is 16.4. The van der Waals surface area contributed by atoms with E-state index in [4.69, 9.17) is 0 Å². The average Bonchev–Trinajstić information content (AvgIpc) is 3.18. The Morgan fingerprint density at radius 1 is 1.11 bits per heavy atom. The molecule has 0 spiro atoms. The molecule has 7 heteroatoms. The van der Waals surface area contributed by atoms with Crippen LogP contribution in [0.4, 0.5) is 0 Å². The van der Waals surface area contributed by atoms with Gasteiger partial charge in [-0.05, 0) is 50.3 Å². The summed E-state index contributed by atoms with van der Waals surface area (Å²) in [4.78, 5) is 30.8. The summed E-state index contributed by atoms with van der Waals surface area (Å²) in [6, 6.07) is 5.75. The quantitative estimate of drug-likeness (QED) is 0.512. The SMILES string of the molecule is CC1=C/C[C@@H](c2ccc3sc(C)nc3c2)NC(=O)C[C@H](O)C(C)(C)C(=O)[C@H](C)[C@@H](O)[C@@H](C)C\C=C\1. The number of nitrogens with zero attached hydrogens (tertiary/aromatic N) is 1. The Hall–Kier alpha value is -2.35. The molecule has 6 nitrogen and oxygen atoms in total. The lowest BCUT2D eigenvalue weighted by Crippen LogP contribution is -2.46. The Balaban J connectivity index is 1.95. The first-order valence-electron chi connectivity index (χ1n) is 12.3. The molecule has 0 unspecified atom stereocenters. The topological polar surface area (TPSA) is 99.5 Å². The number of rotatable bonds is 1. The van der Waals surface area contributed by atoms with Gasteiger partial charge in [0.05, 0.1) is 45.3 Å². The highest BCUT2D eigenvalue weighted by atomic mass is 32.1. The lowest BCUT2D eigenvalue weighted by molar-refractivity contribution is -0.143. The number of hydrogen-bond acceptors (Lipinski definition) is 6. The average molecular weight is 499 g/mol. The third-order valence-corrected chi connectivity index (χ3v) is 8.13. The van der Waals surface area contributed by atoms with Crippen molar-refractivity contribution < 1.29 is 19.8 Å². The van der Waals surface area contributed by atoms with Crippen LogP contribution in [0.1, 0.15) is 70.5 Å². The Bertz CT molecular complexity index is 1130. The molecule has 1 aromatic carbocycles. The summed E-state index contributed by atoms with van der Waals surface area (Å²) in [5.74, 6) is -1.35. The molecule has 2 heterocycles. The van der Waals surface area contributed by atoms with Crippen LogP contribution in [0, 0.1) is 24.2 Å².